The number of furan rings is 1. The molecule has 1 N–H and O–H groups in total. The van der Waals surface area contributed by atoms with Gasteiger partial charge in [0, 0.05) is 7.11 Å². The molecule has 120 valence electrons. The maximum Gasteiger partial charge on any atom is 0.129 e. The average Bonchev–Trinajstić information content (AvgIpc) is 2.96. The molecule has 21 heavy (non-hydrogen) atoms. The number of rotatable bonds is 8. The lowest BCUT2D eigenvalue weighted by Gasteiger charge is -2.33. The van der Waals surface area contributed by atoms with Crippen LogP contribution in [-0.2, 0) is 11.3 Å². The summed E-state index contributed by atoms with van der Waals surface area (Å²) in [5, 5.41) is 3.47. The van der Waals surface area contributed by atoms with E-state index >= 15 is 0 Å². The summed E-state index contributed by atoms with van der Waals surface area (Å²) in [6.45, 7) is 2.84. The number of hydrogen-bond donors (Lipinski definition) is 1. The molecule has 1 atom stereocenters. The van der Waals surface area contributed by atoms with Crippen molar-refractivity contribution in [3.63, 3.8) is 0 Å². The SMILES string of the molecule is CCCCC1CCC(C(NC)c2ccc(COC)o2)CC1. The van der Waals surface area contributed by atoms with E-state index in [0.29, 0.717) is 18.6 Å². The molecule has 0 saturated heterocycles. The normalized spacial score (nSPS) is 24.1. The third-order valence-corrected chi connectivity index (χ3v) is 4.92. The fraction of sp³-hybridized carbons (Fsp3) is 0.778. The van der Waals surface area contributed by atoms with Crippen molar-refractivity contribution in [3.8, 4) is 0 Å². The van der Waals surface area contributed by atoms with Gasteiger partial charge in [0.2, 0.25) is 0 Å². The summed E-state index contributed by atoms with van der Waals surface area (Å²) in [7, 11) is 3.75. The van der Waals surface area contributed by atoms with Gasteiger partial charge in [-0.05, 0) is 43.9 Å². The van der Waals surface area contributed by atoms with Crippen LogP contribution in [0.25, 0.3) is 0 Å². The quantitative estimate of drug-likeness (QED) is 0.755. The minimum absolute atomic E-state index is 0.350. The Morgan fingerprint density at radius 3 is 2.67 bits per heavy atom. The summed E-state index contributed by atoms with van der Waals surface area (Å²) in [5.74, 6) is 3.65. The first-order chi connectivity index (χ1) is 10.3. The molecule has 1 unspecified atom stereocenters. The van der Waals surface area contributed by atoms with E-state index in [-0.39, 0.29) is 0 Å². The van der Waals surface area contributed by atoms with E-state index < -0.39 is 0 Å². The largest absolute Gasteiger partial charge is 0.462 e. The second kappa shape index (κ2) is 8.60. The van der Waals surface area contributed by atoms with Crippen LogP contribution in [0.1, 0.15) is 69.4 Å². The molecule has 0 aromatic carbocycles. The molecule has 0 spiro atoms. The molecule has 0 aliphatic heterocycles. The van der Waals surface area contributed by atoms with Gasteiger partial charge in [0.05, 0.1) is 6.04 Å². The highest BCUT2D eigenvalue weighted by Crippen LogP contribution is 2.38. The number of ether oxygens (including phenoxy) is 1. The first-order valence-electron chi connectivity index (χ1n) is 8.53. The van der Waals surface area contributed by atoms with Crippen LogP contribution in [0.4, 0.5) is 0 Å². The van der Waals surface area contributed by atoms with Crippen LogP contribution in [-0.4, -0.2) is 14.2 Å². The molecule has 0 bridgehead atoms. The fourth-order valence-electron chi connectivity index (χ4n) is 3.69. The summed E-state index contributed by atoms with van der Waals surface area (Å²) in [5.41, 5.74) is 0. The van der Waals surface area contributed by atoms with Crippen molar-refractivity contribution >= 4 is 0 Å². The molecule has 3 heteroatoms. The van der Waals surface area contributed by atoms with Crippen LogP contribution in [0, 0.1) is 11.8 Å². The number of unbranched alkanes of at least 4 members (excludes halogenated alkanes) is 1. The molecular formula is C18H31NO2. The van der Waals surface area contributed by atoms with Crippen molar-refractivity contribution in [2.45, 2.75) is 64.5 Å². The van der Waals surface area contributed by atoms with Gasteiger partial charge in [-0.2, -0.15) is 0 Å². The lowest BCUT2D eigenvalue weighted by molar-refractivity contribution is 0.156. The van der Waals surface area contributed by atoms with Crippen LogP contribution in [0.3, 0.4) is 0 Å². The van der Waals surface area contributed by atoms with Gasteiger partial charge in [-0.1, -0.05) is 39.0 Å². The number of nitrogens with one attached hydrogen (secondary N) is 1. The zero-order chi connectivity index (χ0) is 15.1. The predicted molar refractivity (Wildman–Crippen MR) is 86.2 cm³/mol. The molecule has 0 radical (unpaired) electrons. The zero-order valence-electron chi connectivity index (χ0n) is 13.9. The lowest BCUT2D eigenvalue weighted by atomic mass is 9.76. The predicted octanol–water partition coefficient (Wildman–Crippen LogP) is 4.68. The summed E-state index contributed by atoms with van der Waals surface area (Å²) >= 11 is 0. The molecule has 1 aliphatic rings. The standard InChI is InChI=1S/C18H31NO2/c1-4-5-6-14-7-9-15(10-8-14)18(19-2)17-12-11-16(21-17)13-20-3/h11-12,14-15,18-19H,4-10,13H2,1-3H3. The Hall–Kier alpha value is -0.800. The Kier molecular flexibility index (Phi) is 6.78. The Labute approximate surface area is 129 Å². The van der Waals surface area contributed by atoms with Crippen LogP contribution in [0.15, 0.2) is 16.5 Å². The molecule has 0 amide bonds. The second-order valence-corrected chi connectivity index (χ2v) is 6.43. The zero-order valence-corrected chi connectivity index (χ0v) is 13.9. The summed E-state index contributed by atoms with van der Waals surface area (Å²) in [6.07, 6.45) is 9.55. The average molecular weight is 293 g/mol. The maximum atomic E-state index is 5.93. The molecule has 1 aromatic heterocycles. The monoisotopic (exact) mass is 293 g/mol. The van der Waals surface area contributed by atoms with Crippen molar-refractivity contribution in [2.24, 2.45) is 11.8 Å². The van der Waals surface area contributed by atoms with Gasteiger partial charge in [-0.3, -0.25) is 0 Å². The fourth-order valence-corrected chi connectivity index (χ4v) is 3.69. The minimum Gasteiger partial charge on any atom is -0.462 e. The van der Waals surface area contributed by atoms with E-state index in [1.807, 2.05) is 13.1 Å². The molecular weight excluding hydrogens is 262 g/mol. The number of hydrogen-bond acceptors (Lipinski definition) is 3. The third-order valence-electron chi connectivity index (χ3n) is 4.92. The Morgan fingerprint density at radius 1 is 1.29 bits per heavy atom. The van der Waals surface area contributed by atoms with E-state index in [4.69, 9.17) is 9.15 Å². The van der Waals surface area contributed by atoms with Crippen LogP contribution in [0.2, 0.25) is 0 Å². The van der Waals surface area contributed by atoms with E-state index in [1.54, 1.807) is 7.11 Å². The first-order valence-corrected chi connectivity index (χ1v) is 8.53. The van der Waals surface area contributed by atoms with Gasteiger partial charge in [-0.25, -0.2) is 0 Å². The van der Waals surface area contributed by atoms with E-state index in [1.165, 1.54) is 44.9 Å². The topological polar surface area (TPSA) is 34.4 Å². The highest BCUT2D eigenvalue weighted by molar-refractivity contribution is 5.11. The van der Waals surface area contributed by atoms with Crippen LogP contribution in [0.5, 0.6) is 0 Å². The Morgan fingerprint density at radius 2 is 2.05 bits per heavy atom. The Bertz CT molecular complexity index is 394. The van der Waals surface area contributed by atoms with Crippen molar-refractivity contribution in [3.05, 3.63) is 23.7 Å². The highest BCUT2D eigenvalue weighted by atomic mass is 16.5. The Balaban J connectivity index is 1.89. The molecule has 1 aliphatic carbocycles. The van der Waals surface area contributed by atoms with E-state index in [9.17, 15) is 0 Å². The summed E-state index contributed by atoms with van der Waals surface area (Å²) in [6, 6.07) is 4.50. The summed E-state index contributed by atoms with van der Waals surface area (Å²) in [4.78, 5) is 0. The second-order valence-electron chi connectivity index (χ2n) is 6.43. The maximum absolute atomic E-state index is 5.93. The minimum atomic E-state index is 0.350. The van der Waals surface area contributed by atoms with Crippen molar-refractivity contribution in [1.82, 2.24) is 5.32 Å². The lowest BCUT2D eigenvalue weighted by Crippen LogP contribution is -2.28. The van der Waals surface area contributed by atoms with E-state index in [0.717, 1.165) is 17.4 Å². The van der Waals surface area contributed by atoms with Crippen molar-refractivity contribution < 1.29 is 9.15 Å². The highest BCUT2D eigenvalue weighted by Gasteiger charge is 2.29. The van der Waals surface area contributed by atoms with Gasteiger partial charge < -0.3 is 14.5 Å². The van der Waals surface area contributed by atoms with Gasteiger partial charge in [-0.15, -0.1) is 0 Å². The van der Waals surface area contributed by atoms with Crippen molar-refractivity contribution in [1.29, 1.82) is 0 Å². The molecule has 1 aromatic rings. The molecule has 1 saturated carbocycles. The third kappa shape index (κ3) is 4.58. The van der Waals surface area contributed by atoms with Gasteiger partial charge in [0.1, 0.15) is 18.1 Å². The van der Waals surface area contributed by atoms with Gasteiger partial charge >= 0.3 is 0 Å². The molecule has 3 nitrogen and oxygen atoms in total. The van der Waals surface area contributed by atoms with Crippen LogP contribution < -0.4 is 5.32 Å². The van der Waals surface area contributed by atoms with E-state index in [2.05, 4.69) is 18.3 Å². The van der Waals surface area contributed by atoms with Gasteiger partial charge in [0.15, 0.2) is 0 Å². The molecule has 2 rings (SSSR count). The molecule has 1 heterocycles. The van der Waals surface area contributed by atoms with Crippen molar-refractivity contribution in [2.75, 3.05) is 14.2 Å². The summed E-state index contributed by atoms with van der Waals surface area (Å²) < 4.78 is 11.1. The van der Waals surface area contributed by atoms with Gasteiger partial charge in [0.25, 0.3) is 0 Å². The van der Waals surface area contributed by atoms with Crippen LogP contribution >= 0.6 is 0 Å². The smallest absolute Gasteiger partial charge is 0.129 e. The molecule has 1 fully saturated rings. The number of methoxy groups -OCH3 is 1. The first kappa shape index (κ1) is 16.6.